The summed E-state index contributed by atoms with van der Waals surface area (Å²) in [4.78, 5) is 18.4. The van der Waals surface area contributed by atoms with Crippen molar-refractivity contribution in [1.82, 2.24) is 19.9 Å². The van der Waals surface area contributed by atoms with Crippen LogP contribution >= 0.6 is 11.3 Å². The molecular weight excluding hydrogens is 184 g/mol. The molecule has 0 aliphatic rings. The van der Waals surface area contributed by atoms with Crippen molar-refractivity contribution in [3.8, 4) is 0 Å². The molecule has 0 aromatic carbocycles. The molecule has 3 heterocycles. The van der Waals surface area contributed by atoms with Gasteiger partial charge in [-0.2, -0.15) is 0 Å². The molecule has 0 atom stereocenters. The summed E-state index contributed by atoms with van der Waals surface area (Å²) in [6.45, 7) is 0. The fraction of sp³-hybridized carbons (Fsp3) is 0. The maximum absolute atomic E-state index is 4.24. The van der Waals surface area contributed by atoms with Gasteiger partial charge in [-0.1, -0.05) is 11.3 Å². The van der Waals surface area contributed by atoms with Gasteiger partial charge in [-0.25, -0.2) is 15.0 Å². The van der Waals surface area contributed by atoms with E-state index in [4.69, 9.17) is 0 Å². The van der Waals surface area contributed by atoms with Gasteiger partial charge in [-0.15, -0.1) is 0 Å². The Bertz CT molecular complexity index is 524. The molecule has 13 heavy (non-hydrogen) atoms. The fourth-order valence-electron chi connectivity index (χ4n) is 1.24. The average molecular weight is 188 g/mol. The lowest BCUT2D eigenvalue weighted by molar-refractivity contribution is 1.23. The Balaban J connectivity index is 2.64. The van der Waals surface area contributed by atoms with Crippen LogP contribution in [0.4, 0.5) is 0 Å². The van der Waals surface area contributed by atoms with E-state index in [0.29, 0.717) is 0 Å². The molecule has 0 fully saturated rings. The zero-order valence-corrected chi connectivity index (χ0v) is 7.32. The van der Waals surface area contributed by atoms with Crippen molar-refractivity contribution >= 4 is 31.9 Å². The summed E-state index contributed by atoms with van der Waals surface area (Å²) >= 11 is 1.54. The van der Waals surface area contributed by atoms with Crippen LogP contribution in [0.1, 0.15) is 0 Å². The van der Waals surface area contributed by atoms with Gasteiger partial charge in [-0.05, 0) is 0 Å². The molecule has 3 aromatic rings. The summed E-state index contributed by atoms with van der Waals surface area (Å²) in [5, 5.41) is 0.982. The first-order chi connectivity index (χ1) is 6.45. The van der Waals surface area contributed by atoms with Gasteiger partial charge in [-0.3, -0.25) is 4.98 Å². The van der Waals surface area contributed by atoms with Crippen molar-refractivity contribution in [3.63, 3.8) is 0 Å². The highest BCUT2D eigenvalue weighted by molar-refractivity contribution is 7.24. The Labute approximate surface area is 77.3 Å². The normalized spacial score (nSPS) is 11.1. The molecule has 0 bridgehead atoms. The quantitative estimate of drug-likeness (QED) is 0.538. The molecule has 0 radical (unpaired) electrons. The average Bonchev–Trinajstić information content (AvgIpc) is 2.56. The highest BCUT2D eigenvalue weighted by Gasteiger charge is 2.06. The minimum absolute atomic E-state index is 0.892. The Morgan fingerprint density at radius 1 is 1.00 bits per heavy atom. The number of thiophene rings is 1. The summed E-state index contributed by atoms with van der Waals surface area (Å²) < 4.78 is 0. The molecule has 0 unspecified atom stereocenters. The molecule has 0 spiro atoms. The minimum Gasteiger partial charge on any atom is -0.251 e. The zero-order valence-electron chi connectivity index (χ0n) is 6.51. The Hall–Kier alpha value is -1.62. The van der Waals surface area contributed by atoms with Crippen LogP contribution in [0.25, 0.3) is 20.6 Å². The van der Waals surface area contributed by atoms with Crippen molar-refractivity contribution < 1.29 is 0 Å². The molecule has 62 valence electrons. The van der Waals surface area contributed by atoms with Crippen molar-refractivity contribution in [2.45, 2.75) is 0 Å². The number of hydrogen-bond acceptors (Lipinski definition) is 5. The lowest BCUT2D eigenvalue weighted by atomic mass is 10.4. The van der Waals surface area contributed by atoms with E-state index in [-0.39, 0.29) is 0 Å². The first kappa shape index (κ1) is 6.85. The van der Waals surface area contributed by atoms with Crippen LogP contribution in [-0.4, -0.2) is 19.9 Å². The van der Waals surface area contributed by atoms with Crippen LogP contribution in [0.15, 0.2) is 24.9 Å². The molecule has 4 nitrogen and oxygen atoms in total. The molecule has 0 amide bonds. The van der Waals surface area contributed by atoms with Gasteiger partial charge in [0.2, 0.25) is 0 Å². The lowest BCUT2D eigenvalue weighted by Crippen LogP contribution is -1.77. The predicted octanol–water partition coefficient (Wildman–Crippen LogP) is 1.63. The number of nitrogens with zero attached hydrogens (tertiary/aromatic N) is 4. The molecule has 0 saturated carbocycles. The van der Waals surface area contributed by atoms with E-state index in [2.05, 4.69) is 19.9 Å². The molecule has 3 rings (SSSR count). The van der Waals surface area contributed by atoms with E-state index in [1.807, 2.05) is 0 Å². The van der Waals surface area contributed by atoms with Crippen LogP contribution in [0.5, 0.6) is 0 Å². The van der Waals surface area contributed by atoms with E-state index in [1.54, 1.807) is 18.6 Å². The summed E-state index contributed by atoms with van der Waals surface area (Å²) in [5.74, 6) is 0. The first-order valence-electron chi connectivity index (χ1n) is 3.74. The van der Waals surface area contributed by atoms with Crippen molar-refractivity contribution in [1.29, 1.82) is 0 Å². The monoisotopic (exact) mass is 188 g/mol. The van der Waals surface area contributed by atoms with E-state index in [1.165, 1.54) is 17.7 Å². The topological polar surface area (TPSA) is 51.6 Å². The molecule has 0 saturated heterocycles. The summed E-state index contributed by atoms with van der Waals surface area (Å²) in [6.07, 6.45) is 6.68. The van der Waals surface area contributed by atoms with E-state index in [9.17, 15) is 0 Å². The number of aromatic nitrogens is 4. The molecular formula is C8H4N4S. The second kappa shape index (κ2) is 2.43. The van der Waals surface area contributed by atoms with Crippen LogP contribution in [0.2, 0.25) is 0 Å². The van der Waals surface area contributed by atoms with Crippen molar-refractivity contribution in [2.24, 2.45) is 0 Å². The third-order valence-electron chi connectivity index (χ3n) is 1.79. The van der Waals surface area contributed by atoms with E-state index in [0.717, 1.165) is 20.6 Å². The first-order valence-corrected chi connectivity index (χ1v) is 4.56. The second-order valence-corrected chi connectivity index (χ2v) is 3.53. The van der Waals surface area contributed by atoms with Gasteiger partial charge >= 0.3 is 0 Å². The number of hydrogen-bond donors (Lipinski definition) is 0. The van der Waals surface area contributed by atoms with Crippen LogP contribution < -0.4 is 0 Å². The Morgan fingerprint density at radius 2 is 1.92 bits per heavy atom. The third-order valence-corrected chi connectivity index (χ3v) is 2.80. The lowest BCUT2D eigenvalue weighted by Gasteiger charge is -1.85. The number of rotatable bonds is 0. The van der Waals surface area contributed by atoms with E-state index >= 15 is 0 Å². The van der Waals surface area contributed by atoms with Crippen LogP contribution in [-0.2, 0) is 0 Å². The molecule has 0 N–H and O–H groups in total. The van der Waals surface area contributed by atoms with Gasteiger partial charge in [0.1, 0.15) is 21.5 Å². The maximum Gasteiger partial charge on any atom is 0.144 e. The standard InChI is InChI=1S/C8H4N4S/c1-2-11-8-6(10-1)5-3-9-4-12-7(5)13-8/h1-4H. The smallest absolute Gasteiger partial charge is 0.144 e. The SMILES string of the molecule is c1ncc2c(n1)sc1nccnc12. The van der Waals surface area contributed by atoms with Gasteiger partial charge < -0.3 is 0 Å². The molecule has 3 aromatic heterocycles. The Morgan fingerprint density at radius 3 is 2.92 bits per heavy atom. The maximum atomic E-state index is 4.24. The zero-order chi connectivity index (χ0) is 8.67. The van der Waals surface area contributed by atoms with Crippen molar-refractivity contribution in [3.05, 3.63) is 24.9 Å². The second-order valence-electron chi connectivity index (χ2n) is 2.55. The van der Waals surface area contributed by atoms with Crippen LogP contribution in [0, 0.1) is 0 Å². The molecule has 0 aliphatic heterocycles. The highest BCUT2D eigenvalue weighted by Crippen LogP contribution is 2.27. The van der Waals surface area contributed by atoms with Gasteiger partial charge in [0.05, 0.1) is 5.39 Å². The summed E-state index contributed by atoms with van der Waals surface area (Å²) in [6, 6.07) is 0. The van der Waals surface area contributed by atoms with Gasteiger partial charge in [0.25, 0.3) is 0 Å². The highest BCUT2D eigenvalue weighted by atomic mass is 32.1. The van der Waals surface area contributed by atoms with Gasteiger partial charge in [0.15, 0.2) is 0 Å². The fourth-order valence-corrected chi connectivity index (χ4v) is 2.15. The van der Waals surface area contributed by atoms with Gasteiger partial charge in [0, 0.05) is 18.6 Å². The molecule has 0 aliphatic carbocycles. The largest absolute Gasteiger partial charge is 0.251 e. The minimum atomic E-state index is 0.892. The summed E-state index contributed by atoms with van der Waals surface area (Å²) in [5.41, 5.74) is 0.892. The summed E-state index contributed by atoms with van der Waals surface area (Å²) in [7, 11) is 0. The number of fused-ring (bicyclic) bond motifs is 3. The van der Waals surface area contributed by atoms with E-state index < -0.39 is 0 Å². The predicted molar refractivity (Wildman–Crippen MR) is 50.5 cm³/mol. The molecule has 5 heteroatoms. The van der Waals surface area contributed by atoms with Crippen molar-refractivity contribution in [2.75, 3.05) is 0 Å². The van der Waals surface area contributed by atoms with Crippen LogP contribution in [0.3, 0.4) is 0 Å². The Kier molecular flexibility index (Phi) is 1.28. The third kappa shape index (κ3) is 0.905.